The van der Waals surface area contributed by atoms with Gasteiger partial charge < -0.3 is 4.42 Å². The molecular formula is C29H24N4O3. The highest BCUT2D eigenvalue weighted by Gasteiger charge is 2.36. The van der Waals surface area contributed by atoms with Crippen molar-refractivity contribution in [3.05, 3.63) is 89.1 Å². The molecule has 0 aliphatic carbocycles. The Morgan fingerprint density at radius 1 is 1.06 bits per heavy atom. The summed E-state index contributed by atoms with van der Waals surface area (Å²) in [6.45, 7) is 5.71. The first-order valence-electron chi connectivity index (χ1n) is 11.7. The second-order valence-corrected chi connectivity index (χ2v) is 9.15. The van der Waals surface area contributed by atoms with Gasteiger partial charge in [-0.3, -0.25) is 14.5 Å². The molecule has 0 spiro atoms. The topological polar surface area (TPSA) is 92.1 Å². The number of nitrogens with zero attached hydrogens (tertiary/aromatic N) is 4. The Labute approximate surface area is 208 Å². The molecule has 36 heavy (non-hydrogen) atoms. The van der Waals surface area contributed by atoms with Crippen LogP contribution in [0.2, 0.25) is 0 Å². The van der Waals surface area contributed by atoms with Crippen LogP contribution in [-0.4, -0.2) is 33.0 Å². The first-order chi connectivity index (χ1) is 17.4. The standard InChI is InChI=1S/C29H24N4O3/c1-18(2)16-32-28(34)23(19(3)24(15-30)29(32)35)13-21-17-33(22-10-5-4-6-11-22)31-27(21)26-14-20-9-7-8-12-25(20)36-26/h4-14,17-18H,16H2,1-3H3/b23-13+. The van der Waals surface area contributed by atoms with Crippen molar-refractivity contribution in [1.29, 1.82) is 5.26 Å². The minimum absolute atomic E-state index is 0.0257. The van der Waals surface area contributed by atoms with Crippen molar-refractivity contribution >= 4 is 28.9 Å². The number of amides is 2. The fraction of sp³-hybridized carbons (Fsp3) is 0.172. The van der Waals surface area contributed by atoms with Gasteiger partial charge in [0, 0.05) is 29.3 Å². The monoisotopic (exact) mass is 476 g/mol. The fourth-order valence-electron chi connectivity index (χ4n) is 4.31. The molecule has 0 atom stereocenters. The van der Waals surface area contributed by atoms with Crippen molar-refractivity contribution < 1.29 is 14.0 Å². The third kappa shape index (κ3) is 4.03. The minimum atomic E-state index is -0.552. The molecule has 0 saturated carbocycles. The Morgan fingerprint density at radius 2 is 1.78 bits per heavy atom. The van der Waals surface area contributed by atoms with E-state index in [0.29, 0.717) is 22.6 Å². The van der Waals surface area contributed by atoms with Crippen LogP contribution in [0.5, 0.6) is 0 Å². The smallest absolute Gasteiger partial charge is 0.271 e. The second kappa shape index (κ2) is 9.16. The summed E-state index contributed by atoms with van der Waals surface area (Å²) in [6, 6.07) is 21.2. The number of nitriles is 1. The maximum atomic E-state index is 13.5. The molecule has 1 aliphatic heterocycles. The number of para-hydroxylation sites is 2. The molecular weight excluding hydrogens is 452 g/mol. The number of aromatic nitrogens is 2. The Balaban J connectivity index is 1.71. The summed E-state index contributed by atoms with van der Waals surface area (Å²) in [5.41, 5.74) is 3.38. The van der Waals surface area contributed by atoms with Gasteiger partial charge in [-0.1, -0.05) is 50.2 Å². The van der Waals surface area contributed by atoms with Crippen LogP contribution < -0.4 is 0 Å². The molecule has 0 fully saturated rings. The highest BCUT2D eigenvalue weighted by atomic mass is 16.3. The number of carbonyl (C=O) groups is 2. The van der Waals surface area contributed by atoms with Crippen LogP contribution in [0.25, 0.3) is 34.2 Å². The van der Waals surface area contributed by atoms with Crippen LogP contribution in [-0.2, 0) is 9.59 Å². The molecule has 2 aromatic heterocycles. The molecule has 178 valence electrons. The number of furan rings is 1. The van der Waals surface area contributed by atoms with Gasteiger partial charge >= 0.3 is 0 Å². The Bertz CT molecular complexity index is 1560. The lowest BCUT2D eigenvalue weighted by Gasteiger charge is -2.28. The lowest BCUT2D eigenvalue weighted by Crippen LogP contribution is -2.44. The zero-order valence-electron chi connectivity index (χ0n) is 20.2. The first-order valence-corrected chi connectivity index (χ1v) is 11.7. The van der Waals surface area contributed by atoms with E-state index in [2.05, 4.69) is 0 Å². The number of imide groups is 1. The summed E-state index contributed by atoms with van der Waals surface area (Å²) in [5, 5.41) is 15.4. The van der Waals surface area contributed by atoms with E-state index in [-0.39, 0.29) is 23.6 Å². The number of carbonyl (C=O) groups excluding carboxylic acids is 2. The zero-order valence-corrected chi connectivity index (χ0v) is 20.2. The van der Waals surface area contributed by atoms with Crippen molar-refractivity contribution in [3.63, 3.8) is 0 Å². The summed E-state index contributed by atoms with van der Waals surface area (Å²) in [6.07, 6.45) is 3.52. The van der Waals surface area contributed by atoms with Crippen molar-refractivity contribution in [2.24, 2.45) is 5.92 Å². The number of fused-ring (bicyclic) bond motifs is 1. The molecule has 4 aromatic rings. The van der Waals surface area contributed by atoms with Gasteiger partial charge in [0.2, 0.25) is 0 Å². The molecule has 3 heterocycles. The average molecular weight is 477 g/mol. The molecule has 2 aromatic carbocycles. The predicted molar refractivity (Wildman–Crippen MR) is 137 cm³/mol. The van der Waals surface area contributed by atoms with Crippen LogP contribution >= 0.6 is 0 Å². The van der Waals surface area contributed by atoms with Gasteiger partial charge in [0.25, 0.3) is 11.8 Å². The van der Waals surface area contributed by atoms with Crippen LogP contribution in [0, 0.1) is 17.2 Å². The number of benzene rings is 2. The molecule has 0 unspecified atom stereocenters. The van der Waals surface area contributed by atoms with Gasteiger partial charge in [-0.25, -0.2) is 4.68 Å². The van der Waals surface area contributed by atoms with Gasteiger partial charge in [-0.2, -0.15) is 10.4 Å². The molecule has 0 saturated heterocycles. The maximum Gasteiger partial charge on any atom is 0.271 e. The van der Waals surface area contributed by atoms with Gasteiger partial charge in [-0.05, 0) is 48.8 Å². The molecule has 0 bridgehead atoms. The summed E-state index contributed by atoms with van der Waals surface area (Å²) in [5.74, 6) is -0.362. The van der Waals surface area contributed by atoms with Crippen molar-refractivity contribution in [2.45, 2.75) is 20.8 Å². The van der Waals surface area contributed by atoms with Crippen molar-refractivity contribution in [1.82, 2.24) is 14.7 Å². The third-order valence-corrected chi connectivity index (χ3v) is 6.10. The predicted octanol–water partition coefficient (Wildman–Crippen LogP) is 5.53. The van der Waals surface area contributed by atoms with Crippen molar-refractivity contribution in [2.75, 3.05) is 6.54 Å². The normalized spacial score (nSPS) is 15.4. The Morgan fingerprint density at radius 3 is 2.47 bits per heavy atom. The van der Waals surface area contributed by atoms with Crippen molar-refractivity contribution in [3.8, 4) is 23.2 Å². The highest BCUT2D eigenvalue weighted by Crippen LogP contribution is 2.33. The average Bonchev–Trinajstić information content (AvgIpc) is 3.49. The number of hydrogen-bond acceptors (Lipinski definition) is 5. The van der Waals surface area contributed by atoms with Crippen LogP contribution in [0.4, 0.5) is 0 Å². The van der Waals surface area contributed by atoms with E-state index in [1.165, 1.54) is 0 Å². The Kier molecular flexibility index (Phi) is 5.87. The lowest BCUT2D eigenvalue weighted by molar-refractivity contribution is -0.141. The minimum Gasteiger partial charge on any atom is -0.454 e. The first kappa shape index (κ1) is 23.1. The second-order valence-electron chi connectivity index (χ2n) is 9.15. The van der Waals surface area contributed by atoms with E-state index in [1.807, 2.05) is 86.8 Å². The third-order valence-electron chi connectivity index (χ3n) is 6.10. The van der Waals surface area contributed by atoms with E-state index in [0.717, 1.165) is 21.6 Å². The lowest BCUT2D eigenvalue weighted by atomic mass is 9.93. The van der Waals surface area contributed by atoms with Gasteiger partial charge in [0.05, 0.1) is 5.69 Å². The largest absolute Gasteiger partial charge is 0.454 e. The summed E-state index contributed by atoms with van der Waals surface area (Å²) < 4.78 is 7.83. The SMILES string of the molecule is CC1=C(C#N)C(=O)N(CC(C)C)C(=O)/C1=C/c1cn(-c2ccccc2)nc1-c1cc2ccccc2o1. The van der Waals surface area contributed by atoms with Gasteiger partial charge in [-0.15, -0.1) is 0 Å². The molecule has 0 N–H and O–H groups in total. The molecule has 1 aliphatic rings. The maximum absolute atomic E-state index is 13.5. The summed E-state index contributed by atoms with van der Waals surface area (Å²) in [7, 11) is 0. The molecule has 2 amide bonds. The highest BCUT2D eigenvalue weighted by molar-refractivity contribution is 6.19. The molecule has 7 heteroatoms. The van der Waals surface area contributed by atoms with Gasteiger partial charge in [0.1, 0.15) is 22.9 Å². The van der Waals surface area contributed by atoms with Gasteiger partial charge in [0.15, 0.2) is 5.76 Å². The number of hydrogen-bond donors (Lipinski definition) is 0. The van der Waals surface area contributed by atoms with Crippen LogP contribution in [0.3, 0.4) is 0 Å². The van der Waals surface area contributed by atoms with Crippen LogP contribution in [0.15, 0.2) is 88.0 Å². The molecule has 5 rings (SSSR count). The number of rotatable bonds is 5. The molecule has 0 radical (unpaired) electrons. The van der Waals surface area contributed by atoms with E-state index < -0.39 is 11.8 Å². The van der Waals surface area contributed by atoms with Crippen LogP contribution in [0.1, 0.15) is 26.3 Å². The Hall–Kier alpha value is -4.70. The molecule has 7 nitrogen and oxygen atoms in total. The zero-order chi connectivity index (χ0) is 25.4. The van der Waals surface area contributed by atoms with E-state index in [4.69, 9.17) is 9.52 Å². The van der Waals surface area contributed by atoms with E-state index in [1.54, 1.807) is 17.7 Å². The summed E-state index contributed by atoms with van der Waals surface area (Å²) in [4.78, 5) is 27.5. The quantitative estimate of drug-likeness (QED) is 0.279. The van der Waals surface area contributed by atoms with E-state index >= 15 is 0 Å². The van der Waals surface area contributed by atoms with E-state index in [9.17, 15) is 14.9 Å². The fourth-order valence-corrected chi connectivity index (χ4v) is 4.31. The summed E-state index contributed by atoms with van der Waals surface area (Å²) >= 11 is 0.